The van der Waals surface area contributed by atoms with Crippen molar-refractivity contribution in [1.82, 2.24) is 10.6 Å². The number of hydrogen-bond acceptors (Lipinski definition) is 3. The van der Waals surface area contributed by atoms with E-state index in [4.69, 9.17) is 4.74 Å². The Morgan fingerprint density at radius 1 is 1.32 bits per heavy atom. The summed E-state index contributed by atoms with van der Waals surface area (Å²) in [4.78, 5) is 23.0. The first-order valence-corrected chi connectivity index (χ1v) is 6.38. The van der Waals surface area contributed by atoms with Crippen LogP contribution in [0.1, 0.15) is 19.4 Å². The van der Waals surface area contributed by atoms with Crippen LogP contribution in [0, 0.1) is 0 Å². The molecule has 1 atom stereocenters. The zero-order valence-electron chi connectivity index (χ0n) is 11.1. The number of amides is 2. The summed E-state index contributed by atoms with van der Waals surface area (Å²) in [7, 11) is 0. The monoisotopic (exact) mass is 262 g/mol. The van der Waals surface area contributed by atoms with Crippen molar-refractivity contribution in [1.29, 1.82) is 0 Å². The second kappa shape index (κ2) is 5.73. The van der Waals surface area contributed by atoms with E-state index in [-0.39, 0.29) is 24.5 Å². The average Bonchev–Trinajstić information content (AvgIpc) is 2.35. The molecular weight excluding hydrogens is 244 g/mol. The van der Waals surface area contributed by atoms with Crippen LogP contribution in [0.2, 0.25) is 0 Å². The Morgan fingerprint density at radius 2 is 2.05 bits per heavy atom. The summed E-state index contributed by atoms with van der Waals surface area (Å²) < 4.78 is 5.70. The maximum atomic E-state index is 11.7. The van der Waals surface area contributed by atoms with Gasteiger partial charge in [0.2, 0.25) is 11.8 Å². The van der Waals surface area contributed by atoms with Gasteiger partial charge in [0.15, 0.2) is 0 Å². The fourth-order valence-electron chi connectivity index (χ4n) is 2.01. The summed E-state index contributed by atoms with van der Waals surface area (Å²) in [5.74, 6) is 0.441. The van der Waals surface area contributed by atoms with Crippen molar-refractivity contribution < 1.29 is 14.3 Å². The number of para-hydroxylation sites is 1. The van der Waals surface area contributed by atoms with Gasteiger partial charge in [0, 0.05) is 6.42 Å². The minimum Gasteiger partial charge on any atom is -0.491 e. The van der Waals surface area contributed by atoms with Crippen molar-refractivity contribution in [3.8, 4) is 5.75 Å². The Bertz CT molecular complexity index is 485. The molecule has 0 unspecified atom stereocenters. The van der Waals surface area contributed by atoms with Crippen molar-refractivity contribution in [2.75, 3.05) is 6.54 Å². The van der Waals surface area contributed by atoms with Gasteiger partial charge in [-0.3, -0.25) is 9.59 Å². The predicted octanol–water partition coefficient (Wildman–Crippen LogP) is 0.631. The Hall–Kier alpha value is -2.04. The topological polar surface area (TPSA) is 67.4 Å². The molecule has 5 nitrogen and oxygen atoms in total. The van der Waals surface area contributed by atoms with Crippen molar-refractivity contribution >= 4 is 11.8 Å². The molecule has 2 N–H and O–H groups in total. The summed E-state index contributed by atoms with van der Waals surface area (Å²) in [6.07, 6.45) is 0.497. The molecule has 0 bridgehead atoms. The van der Waals surface area contributed by atoms with E-state index < -0.39 is 6.04 Å². The number of carbonyl (C=O) groups excluding carboxylic acids is 2. The van der Waals surface area contributed by atoms with E-state index in [0.717, 1.165) is 11.3 Å². The van der Waals surface area contributed by atoms with Crippen LogP contribution >= 0.6 is 0 Å². The lowest BCUT2D eigenvalue weighted by Gasteiger charge is -2.24. The standard InChI is InChI=1S/C14H18N2O3/c1-9(2)19-12-6-4-3-5-10(12)7-11-14(18)15-8-13(17)16-11/h3-6,9,11H,7-8H2,1-2H3,(H,15,18)(H,16,17)/t11-/m0/s1. The number of ether oxygens (including phenoxy) is 1. The zero-order chi connectivity index (χ0) is 13.8. The van der Waals surface area contributed by atoms with E-state index in [1.54, 1.807) is 0 Å². The zero-order valence-corrected chi connectivity index (χ0v) is 11.1. The van der Waals surface area contributed by atoms with E-state index in [1.807, 2.05) is 38.1 Å². The molecule has 0 saturated carbocycles. The summed E-state index contributed by atoms with van der Waals surface area (Å²) in [5.41, 5.74) is 0.915. The Labute approximate surface area is 112 Å². The smallest absolute Gasteiger partial charge is 0.243 e. The van der Waals surface area contributed by atoms with Crippen LogP contribution in [0.25, 0.3) is 0 Å². The molecule has 0 aliphatic carbocycles. The average molecular weight is 262 g/mol. The quantitative estimate of drug-likeness (QED) is 0.836. The van der Waals surface area contributed by atoms with Gasteiger partial charge in [-0.2, -0.15) is 0 Å². The number of piperazine rings is 1. The number of benzene rings is 1. The number of nitrogens with one attached hydrogen (secondary N) is 2. The molecule has 102 valence electrons. The van der Waals surface area contributed by atoms with Crippen LogP contribution in [-0.4, -0.2) is 30.5 Å². The van der Waals surface area contributed by atoms with Gasteiger partial charge in [0.25, 0.3) is 0 Å². The predicted molar refractivity (Wildman–Crippen MR) is 70.9 cm³/mol. The highest BCUT2D eigenvalue weighted by Gasteiger charge is 2.26. The highest BCUT2D eigenvalue weighted by atomic mass is 16.5. The van der Waals surface area contributed by atoms with E-state index in [0.29, 0.717) is 6.42 Å². The molecule has 1 heterocycles. The molecule has 1 fully saturated rings. The second-order valence-electron chi connectivity index (χ2n) is 4.82. The number of rotatable bonds is 4. The molecule has 0 aromatic heterocycles. The molecule has 0 spiro atoms. The molecule has 1 aliphatic rings. The summed E-state index contributed by atoms with van der Waals surface area (Å²) >= 11 is 0. The van der Waals surface area contributed by atoms with E-state index in [1.165, 1.54) is 0 Å². The van der Waals surface area contributed by atoms with Gasteiger partial charge < -0.3 is 15.4 Å². The maximum absolute atomic E-state index is 11.7. The van der Waals surface area contributed by atoms with Gasteiger partial charge in [0.05, 0.1) is 12.6 Å². The summed E-state index contributed by atoms with van der Waals surface area (Å²) in [5, 5.41) is 5.26. The first-order chi connectivity index (χ1) is 9.06. The van der Waals surface area contributed by atoms with Gasteiger partial charge in [-0.05, 0) is 25.5 Å². The lowest BCUT2D eigenvalue weighted by molar-refractivity contribution is -0.133. The third-order valence-electron chi connectivity index (χ3n) is 2.83. The minimum atomic E-state index is -0.529. The van der Waals surface area contributed by atoms with Gasteiger partial charge in [-0.1, -0.05) is 18.2 Å². The number of hydrogen-bond donors (Lipinski definition) is 2. The van der Waals surface area contributed by atoms with Crippen LogP contribution in [0.3, 0.4) is 0 Å². The highest BCUT2D eigenvalue weighted by Crippen LogP contribution is 2.21. The number of carbonyl (C=O) groups is 2. The Morgan fingerprint density at radius 3 is 2.79 bits per heavy atom. The fourth-order valence-corrected chi connectivity index (χ4v) is 2.01. The van der Waals surface area contributed by atoms with Gasteiger partial charge in [0.1, 0.15) is 11.8 Å². The first-order valence-electron chi connectivity index (χ1n) is 6.38. The third-order valence-corrected chi connectivity index (χ3v) is 2.83. The Balaban J connectivity index is 2.13. The van der Waals surface area contributed by atoms with Crippen molar-refractivity contribution in [2.24, 2.45) is 0 Å². The van der Waals surface area contributed by atoms with Crippen LogP contribution in [0.15, 0.2) is 24.3 Å². The summed E-state index contributed by atoms with van der Waals surface area (Å²) in [6.45, 7) is 3.96. The van der Waals surface area contributed by atoms with Crippen molar-refractivity contribution in [3.63, 3.8) is 0 Å². The van der Waals surface area contributed by atoms with E-state index >= 15 is 0 Å². The van der Waals surface area contributed by atoms with E-state index in [2.05, 4.69) is 10.6 Å². The normalized spacial score (nSPS) is 19.0. The van der Waals surface area contributed by atoms with Crippen LogP contribution < -0.4 is 15.4 Å². The SMILES string of the molecule is CC(C)Oc1ccccc1C[C@@H]1NC(=O)CNC1=O. The van der Waals surface area contributed by atoms with Gasteiger partial charge >= 0.3 is 0 Å². The van der Waals surface area contributed by atoms with Crippen molar-refractivity contribution in [3.05, 3.63) is 29.8 Å². The molecule has 2 amide bonds. The van der Waals surface area contributed by atoms with Gasteiger partial charge in [-0.15, -0.1) is 0 Å². The minimum absolute atomic E-state index is 0.0550. The summed E-state index contributed by atoms with van der Waals surface area (Å²) in [6, 6.07) is 7.04. The molecule has 5 heteroatoms. The van der Waals surface area contributed by atoms with Gasteiger partial charge in [-0.25, -0.2) is 0 Å². The lowest BCUT2D eigenvalue weighted by atomic mass is 10.0. The molecule has 1 aliphatic heterocycles. The molecule has 19 heavy (non-hydrogen) atoms. The fraction of sp³-hybridized carbons (Fsp3) is 0.429. The molecule has 1 saturated heterocycles. The molecule has 1 aromatic carbocycles. The largest absolute Gasteiger partial charge is 0.491 e. The van der Waals surface area contributed by atoms with Crippen LogP contribution in [0.5, 0.6) is 5.75 Å². The third kappa shape index (κ3) is 3.47. The first kappa shape index (κ1) is 13.4. The molecular formula is C14H18N2O3. The van der Waals surface area contributed by atoms with E-state index in [9.17, 15) is 9.59 Å². The maximum Gasteiger partial charge on any atom is 0.243 e. The van der Waals surface area contributed by atoms with Crippen LogP contribution in [-0.2, 0) is 16.0 Å². The highest BCUT2D eigenvalue weighted by molar-refractivity contribution is 5.94. The van der Waals surface area contributed by atoms with Crippen LogP contribution in [0.4, 0.5) is 0 Å². The second-order valence-corrected chi connectivity index (χ2v) is 4.82. The molecule has 0 radical (unpaired) electrons. The van der Waals surface area contributed by atoms with Crippen molar-refractivity contribution in [2.45, 2.75) is 32.4 Å². The molecule has 2 rings (SSSR count). The lowest BCUT2D eigenvalue weighted by Crippen LogP contribution is -2.56. The molecule has 1 aromatic rings. The Kier molecular flexibility index (Phi) is 4.04.